The number of sulfonamides is 1. The van der Waals surface area contributed by atoms with Crippen molar-refractivity contribution in [2.75, 3.05) is 26.2 Å². The Bertz CT molecular complexity index is 811. The van der Waals surface area contributed by atoms with Gasteiger partial charge in [0.15, 0.2) is 0 Å². The van der Waals surface area contributed by atoms with Crippen LogP contribution < -0.4 is 4.72 Å². The molecule has 2 aliphatic carbocycles. The molecule has 1 aromatic rings. The van der Waals surface area contributed by atoms with E-state index in [1.165, 1.54) is 37.8 Å². The predicted molar refractivity (Wildman–Crippen MR) is 99.5 cm³/mol. The lowest BCUT2D eigenvalue weighted by atomic mass is 10.1. The van der Waals surface area contributed by atoms with Crippen LogP contribution in [0.25, 0.3) is 0 Å². The van der Waals surface area contributed by atoms with Crippen LogP contribution >= 0.6 is 0 Å². The molecule has 0 unspecified atom stereocenters. The normalized spacial score (nSPS) is 22.3. The number of nitrogens with one attached hydrogen (secondary N) is 1. The molecule has 1 saturated heterocycles. The number of nitrogens with zero attached hydrogens (tertiary/aromatic N) is 2. The third-order valence-corrected chi connectivity index (χ3v) is 7.34. The van der Waals surface area contributed by atoms with Crippen molar-refractivity contribution < 1.29 is 17.6 Å². The molecule has 1 heterocycles. The van der Waals surface area contributed by atoms with Crippen molar-refractivity contribution in [2.45, 2.75) is 55.5 Å². The van der Waals surface area contributed by atoms with Crippen molar-refractivity contribution in [3.8, 4) is 0 Å². The summed E-state index contributed by atoms with van der Waals surface area (Å²) in [5.74, 6) is -1.06. The molecular weight excluding hydrogens is 369 g/mol. The Kier molecular flexibility index (Phi) is 5.22. The van der Waals surface area contributed by atoms with Gasteiger partial charge in [-0.1, -0.05) is 12.8 Å². The Labute approximate surface area is 159 Å². The zero-order valence-electron chi connectivity index (χ0n) is 15.4. The number of hydrogen-bond acceptors (Lipinski definition) is 4. The van der Waals surface area contributed by atoms with Gasteiger partial charge in [-0.3, -0.25) is 9.69 Å². The number of piperazine rings is 1. The number of amides is 1. The molecule has 6 nitrogen and oxygen atoms in total. The van der Waals surface area contributed by atoms with Crippen LogP contribution in [0.5, 0.6) is 0 Å². The Balaban J connectivity index is 1.45. The number of benzene rings is 1. The fraction of sp³-hybridized carbons (Fsp3) is 0.632. The summed E-state index contributed by atoms with van der Waals surface area (Å²) in [6.07, 6.45) is 6.58. The van der Waals surface area contributed by atoms with E-state index in [1.54, 1.807) is 4.90 Å². The Morgan fingerprint density at radius 1 is 1.04 bits per heavy atom. The first-order valence-electron chi connectivity index (χ1n) is 9.79. The standard InChI is InChI=1S/C19H26FN3O3S/c20-17-8-5-14(13-18(17)27(25,26)21-15-6-7-15)19(24)23-11-9-22(10-12-23)16-3-1-2-4-16/h5,8,13,15-16,21H,1-4,6-7,9-12H2. The monoisotopic (exact) mass is 395 g/mol. The second-order valence-corrected chi connectivity index (χ2v) is 9.49. The minimum absolute atomic E-state index is 0.113. The average molecular weight is 396 g/mol. The summed E-state index contributed by atoms with van der Waals surface area (Å²) in [5, 5.41) is 0. The van der Waals surface area contributed by atoms with E-state index in [9.17, 15) is 17.6 Å². The molecule has 1 aliphatic heterocycles. The van der Waals surface area contributed by atoms with E-state index in [0.29, 0.717) is 19.1 Å². The van der Waals surface area contributed by atoms with Gasteiger partial charge >= 0.3 is 0 Å². The van der Waals surface area contributed by atoms with Crippen molar-refractivity contribution >= 4 is 15.9 Å². The van der Waals surface area contributed by atoms with Crippen LogP contribution in [0.2, 0.25) is 0 Å². The summed E-state index contributed by atoms with van der Waals surface area (Å²) >= 11 is 0. The van der Waals surface area contributed by atoms with Gasteiger partial charge in [0.05, 0.1) is 0 Å². The first-order valence-corrected chi connectivity index (χ1v) is 11.3. The molecule has 2 saturated carbocycles. The van der Waals surface area contributed by atoms with Crippen LogP contribution in [0.15, 0.2) is 23.1 Å². The molecule has 1 N–H and O–H groups in total. The molecule has 0 aromatic heterocycles. The second-order valence-electron chi connectivity index (χ2n) is 7.81. The number of carbonyl (C=O) groups excluding carboxylic acids is 1. The van der Waals surface area contributed by atoms with Gasteiger partial charge in [0.25, 0.3) is 5.91 Å². The minimum Gasteiger partial charge on any atom is -0.336 e. The third kappa shape index (κ3) is 4.17. The highest BCUT2D eigenvalue weighted by Crippen LogP contribution is 2.26. The average Bonchev–Trinajstić information content (AvgIpc) is 3.29. The smallest absolute Gasteiger partial charge is 0.253 e. The van der Waals surface area contributed by atoms with Gasteiger partial charge < -0.3 is 4.90 Å². The molecular formula is C19H26FN3O3S. The second kappa shape index (κ2) is 7.48. The highest BCUT2D eigenvalue weighted by Gasteiger charge is 2.32. The van der Waals surface area contributed by atoms with Crippen LogP contribution in [0.1, 0.15) is 48.9 Å². The first-order chi connectivity index (χ1) is 12.9. The van der Waals surface area contributed by atoms with Crippen molar-refractivity contribution in [2.24, 2.45) is 0 Å². The van der Waals surface area contributed by atoms with E-state index in [1.807, 2.05) is 0 Å². The summed E-state index contributed by atoms with van der Waals surface area (Å²) in [7, 11) is -3.94. The topological polar surface area (TPSA) is 69.7 Å². The van der Waals surface area contributed by atoms with Crippen molar-refractivity contribution in [1.29, 1.82) is 0 Å². The molecule has 8 heteroatoms. The molecule has 1 aromatic carbocycles. The molecule has 0 radical (unpaired) electrons. The Morgan fingerprint density at radius 3 is 2.33 bits per heavy atom. The van der Waals surface area contributed by atoms with Crippen LogP contribution in [0.3, 0.4) is 0 Å². The van der Waals surface area contributed by atoms with Gasteiger partial charge in [-0.05, 0) is 43.9 Å². The highest BCUT2D eigenvalue weighted by atomic mass is 32.2. The third-order valence-electron chi connectivity index (χ3n) is 5.81. The first kappa shape index (κ1) is 18.8. The van der Waals surface area contributed by atoms with Gasteiger partial charge in [-0.25, -0.2) is 17.5 Å². The lowest BCUT2D eigenvalue weighted by Crippen LogP contribution is -2.51. The molecule has 0 spiro atoms. The summed E-state index contributed by atoms with van der Waals surface area (Å²) < 4.78 is 41.3. The molecule has 27 heavy (non-hydrogen) atoms. The van der Waals surface area contributed by atoms with Crippen molar-refractivity contribution in [3.05, 3.63) is 29.6 Å². The maximum Gasteiger partial charge on any atom is 0.253 e. The molecule has 0 bridgehead atoms. The van der Waals surface area contributed by atoms with Crippen molar-refractivity contribution in [1.82, 2.24) is 14.5 Å². The Morgan fingerprint density at radius 2 is 1.70 bits per heavy atom. The summed E-state index contributed by atoms with van der Waals surface area (Å²) in [5.41, 5.74) is 0.224. The van der Waals surface area contributed by atoms with Gasteiger partial charge in [0.2, 0.25) is 10.0 Å². The predicted octanol–water partition coefficient (Wildman–Crippen LogP) is 1.97. The van der Waals surface area contributed by atoms with E-state index < -0.39 is 20.7 Å². The number of carbonyl (C=O) groups is 1. The SMILES string of the molecule is O=C(c1ccc(F)c(S(=O)(=O)NC2CC2)c1)N1CCN(C2CCCC2)CC1. The van der Waals surface area contributed by atoms with Gasteiger partial charge in [-0.2, -0.15) is 0 Å². The van der Waals surface area contributed by atoms with Crippen molar-refractivity contribution in [3.63, 3.8) is 0 Å². The van der Waals surface area contributed by atoms with Crippen LogP contribution in [-0.2, 0) is 10.0 Å². The molecule has 0 atom stereocenters. The zero-order valence-corrected chi connectivity index (χ0v) is 16.2. The van der Waals surface area contributed by atoms with E-state index >= 15 is 0 Å². The molecule has 3 aliphatic rings. The summed E-state index contributed by atoms with van der Waals surface area (Å²) in [6, 6.07) is 4.14. The van der Waals surface area contributed by atoms with Crippen LogP contribution in [0, 0.1) is 5.82 Å². The van der Waals surface area contributed by atoms with E-state index in [0.717, 1.165) is 32.0 Å². The largest absolute Gasteiger partial charge is 0.336 e. The quantitative estimate of drug-likeness (QED) is 0.828. The number of hydrogen-bond donors (Lipinski definition) is 1. The van der Waals surface area contributed by atoms with Gasteiger partial charge in [0.1, 0.15) is 10.7 Å². The fourth-order valence-electron chi connectivity index (χ4n) is 4.07. The molecule has 3 fully saturated rings. The maximum atomic E-state index is 14.1. The lowest BCUT2D eigenvalue weighted by Gasteiger charge is -2.38. The Hall–Kier alpha value is -1.51. The molecule has 1 amide bonds. The maximum absolute atomic E-state index is 14.1. The number of rotatable bonds is 5. The highest BCUT2D eigenvalue weighted by molar-refractivity contribution is 7.89. The minimum atomic E-state index is -3.94. The van der Waals surface area contributed by atoms with Gasteiger partial charge in [0, 0.05) is 43.8 Å². The van der Waals surface area contributed by atoms with E-state index in [4.69, 9.17) is 0 Å². The fourth-order valence-corrected chi connectivity index (χ4v) is 5.48. The number of halogens is 1. The molecule has 148 valence electrons. The molecule has 4 rings (SSSR count). The van der Waals surface area contributed by atoms with Crippen LogP contribution in [0.4, 0.5) is 4.39 Å². The van der Waals surface area contributed by atoms with E-state index in [-0.39, 0.29) is 17.5 Å². The van der Waals surface area contributed by atoms with E-state index in [2.05, 4.69) is 9.62 Å². The van der Waals surface area contributed by atoms with Gasteiger partial charge in [-0.15, -0.1) is 0 Å². The van der Waals surface area contributed by atoms with Crippen LogP contribution in [-0.4, -0.2) is 62.4 Å². The summed E-state index contributed by atoms with van der Waals surface area (Å²) in [4.78, 5) is 16.6. The zero-order chi connectivity index (χ0) is 19.0. The lowest BCUT2D eigenvalue weighted by molar-refractivity contribution is 0.0573. The summed E-state index contributed by atoms with van der Waals surface area (Å²) in [6.45, 7) is 2.92.